The minimum Gasteiger partial charge on any atom is -0.462 e. The fourth-order valence-electron chi connectivity index (χ4n) is 6.94. The summed E-state index contributed by atoms with van der Waals surface area (Å²) in [7, 11) is 0. The van der Waals surface area contributed by atoms with Crippen LogP contribution in [0.4, 0.5) is 0 Å². The third kappa shape index (κ3) is 46.0. The van der Waals surface area contributed by atoms with Gasteiger partial charge in [0.2, 0.25) is 0 Å². The van der Waals surface area contributed by atoms with Gasteiger partial charge in [0.1, 0.15) is 13.2 Å². The quantitative estimate of drug-likeness (QED) is 0.0263. The first-order valence-corrected chi connectivity index (χ1v) is 24.9. The van der Waals surface area contributed by atoms with Crippen molar-refractivity contribution in [3.8, 4) is 0 Å². The second kappa shape index (κ2) is 47.8. The standard InChI is InChI=1S/C53H92O6/c1-4-7-10-13-16-19-22-25-26-29-31-34-37-40-43-46-52(55)58-49-50(59-53(56)47-44-41-38-35-32-28-24-21-18-15-12-9-6-3)48-57-51(54)45-42-39-36-33-30-27-23-20-17-14-11-8-5-2/h9,12,15,18,21,24,28,32,35,38,50H,4-8,10-11,13-14,16-17,19-20,22-23,25-27,29-31,33-34,36-37,39-49H2,1-3H3/b12-9+,18-15+,24-21+,32-28+,38-35+. The molecule has 0 aliphatic heterocycles. The van der Waals surface area contributed by atoms with Crippen LogP contribution in [-0.2, 0) is 28.6 Å². The van der Waals surface area contributed by atoms with Crippen molar-refractivity contribution in [2.75, 3.05) is 13.2 Å². The van der Waals surface area contributed by atoms with Gasteiger partial charge in [0.15, 0.2) is 6.10 Å². The van der Waals surface area contributed by atoms with E-state index in [4.69, 9.17) is 14.2 Å². The summed E-state index contributed by atoms with van der Waals surface area (Å²) >= 11 is 0. The third-order valence-corrected chi connectivity index (χ3v) is 10.7. The Morgan fingerprint density at radius 1 is 0.356 bits per heavy atom. The molecule has 0 rings (SSSR count). The molecule has 0 amide bonds. The molecule has 0 aliphatic carbocycles. The number of hydrogen-bond donors (Lipinski definition) is 0. The average molecular weight is 825 g/mol. The Labute approximate surface area is 364 Å². The second-order valence-electron chi connectivity index (χ2n) is 16.5. The summed E-state index contributed by atoms with van der Waals surface area (Å²) in [6.45, 7) is 6.44. The topological polar surface area (TPSA) is 78.9 Å². The molecular formula is C53H92O6. The highest BCUT2D eigenvalue weighted by Crippen LogP contribution is 2.16. The Hall–Kier alpha value is -2.89. The molecule has 0 radical (unpaired) electrons. The molecule has 0 saturated heterocycles. The normalized spacial score (nSPS) is 12.5. The van der Waals surface area contributed by atoms with Gasteiger partial charge in [0.25, 0.3) is 0 Å². The highest BCUT2D eigenvalue weighted by molar-refractivity contribution is 5.71. The Morgan fingerprint density at radius 3 is 1.02 bits per heavy atom. The maximum Gasteiger partial charge on any atom is 0.306 e. The molecule has 6 nitrogen and oxygen atoms in total. The van der Waals surface area contributed by atoms with Crippen LogP contribution in [0.2, 0.25) is 0 Å². The van der Waals surface area contributed by atoms with E-state index in [0.29, 0.717) is 19.3 Å². The van der Waals surface area contributed by atoms with Gasteiger partial charge in [-0.15, -0.1) is 0 Å². The first-order chi connectivity index (χ1) is 29.0. The molecule has 6 heteroatoms. The third-order valence-electron chi connectivity index (χ3n) is 10.7. The largest absolute Gasteiger partial charge is 0.462 e. The molecular weight excluding hydrogens is 733 g/mol. The molecule has 0 aromatic carbocycles. The molecule has 0 spiro atoms. The smallest absolute Gasteiger partial charge is 0.306 e. The van der Waals surface area contributed by atoms with Gasteiger partial charge >= 0.3 is 17.9 Å². The summed E-state index contributed by atoms with van der Waals surface area (Å²) in [5.74, 6) is -0.969. The number of rotatable bonds is 44. The van der Waals surface area contributed by atoms with Gasteiger partial charge in [-0.05, 0) is 32.1 Å². The maximum absolute atomic E-state index is 12.7. The molecule has 1 atom stereocenters. The molecule has 0 aromatic rings. The zero-order valence-corrected chi connectivity index (χ0v) is 38.8. The van der Waals surface area contributed by atoms with Crippen LogP contribution in [0.5, 0.6) is 0 Å². The van der Waals surface area contributed by atoms with Crippen molar-refractivity contribution in [1.82, 2.24) is 0 Å². The fraction of sp³-hybridized carbons (Fsp3) is 0.755. The van der Waals surface area contributed by atoms with Crippen LogP contribution in [-0.4, -0.2) is 37.2 Å². The molecule has 1 unspecified atom stereocenters. The van der Waals surface area contributed by atoms with Crippen LogP contribution in [0.15, 0.2) is 60.8 Å². The van der Waals surface area contributed by atoms with E-state index in [-0.39, 0.29) is 37.5 Å². The van der Waals surface area contributed by atoms with Gasteiger partial charge in [0.05, 0.1) is 0 Å². The van der Waals surface area contributed by atoms with Crippen molar-refractivity contribution in [2.45, 2.75) is 245 Å². The Kier molecular flexibility index (Phi) is 45.4. The number of unbranched alkanes of at least 4 members (excludes halogenated alkanes) is 27. The van der Waals surface area contributed by atoms with Crippen LogP contribution >= 0.6 is 0 Å². The fourth-order valence-corrected chi connectivity index (χ4v) is 6.94. The van der Waals surface area contributed by atoms with E-state index in [0.717, 1.165) is 51.4 Å². The summed E-state index contributed by atoms with van der Waals surface area (Å²) in [6.07, 6.45) is 57.8. The van der Waals surface area contributed by atoms with Crippen molar-refractivity contribution in [3.63, 3.8) is 0 Å². The molecule has 0 heterocycles. The maximum atomic E-state index is 12.7. The average Bonchev–Trinajstić information content (AvgIpc) is 3.23. The van der Waals surface area contributed by atoms with Crippen molar-refractivity contribution in [2.24, 2.45) is 0 Å². The van der Waals surface area contributed by atoms with Gasteiger partial charge in [-0.2, -0.15) is 0 Å². The van der Waals surface area contributed by atoms with Crippen LogP contribution in [0, 0.1) is 0 Å². The Balaban J connectivity index is 4.45. The lowest BCUT2D eigenvalue weighted by atomic mass is 10.0. The Bertz CT molecular complexity index is 1090. The minimum absolute atomic E-state index is 0.0996. The van der Waals surface area contributed by atoms with E-state index in [2.05, 4.69) is 26.8 Å². The van der Waals surface area contributed by atoms with E-state index >= 15 is 0 Å². The zero-order valence-electron chi connectivity index (χ0n) is 38.8. The van der Waals surface area contributed by atoms with E-state index in [9.17, 15) is 14.4 Å². The first kappa shape index (κ1) is 56.1. The lowest BCUT2D eigenvalue weighted by Gasteiger charge is -2.18. The minimum atomic E-state index is -0.806. The van der Waals surface area contributed by atoms with Gasteiger partial charge in [0, 0.05) is 19.3 Å². The zero-order chi connectivity index (χ0) is 43.0. The monoisotopic (exact) mass is 825 g/mol. The van der Waals surface area contributed by atoms with Crippen LogP contribution in [0.3, 0.4) is 0 Å². The van der Waals surface area contributed by atoms with Gasteiger partial charge in [-0.25, -0.2) is 0 Å². The number of esters is 3. The van der Waals surface area contributed by atoms with Crippen LogP contribution in [0.1, 0.15) is 239 Å². The summed E-state index contributed by atoms with van der Waals surface area (Å²) in [5.41, 5.74) is 0. The van der Waals surface area contributed by atoms with E-state index in [1.807, 2.05) is 54.7 Å². The van der Waals surface area contributed by atoms with Crippen LogP contribution < -0.4 is 0 Å². The number of carbonyl (C=O) groups excluding carboxylic acids is 3. The van der Waals surface area contributed by atoms with Crippen LogP contribution in [0.25, 0.3) is 0 Å². The predicted molar refractivity (Wildman–Crippen MR) is 251 cm³/mol. The number of carbonyl (C=O) groups is 3. The van der Waals surface area contributed by atoms with Crippen molar-refractivity contribution < 1.29 is 28.6 Å². The SMILES string of the molecule is CC/C=C/C=C/C=C/C=C/C=C/CCCC(=O)OC(COC(=O)CCCCCCCCCCCCCCC)COC(=O)CCCCCCCCCCCCCCCCC. The molecule has 59 heavy (non-hydrogen) atoms. The first-order valence-electron chi connectivity index (χ1n) is 24.9. The number of hydrogen-bond acceptors (Lipinski definition) is 6. The van der Waals surface area contributed by atoms with Crippen molar-refractivity contribution in [1.29, 1.82) is 0 Å². The van der Waals surface area contributed by atoms with E-state index in [1.54, 1.807) is 0 Å². The van der Waals surface area contributed by atoms with Crippen molar-refractivity contribution >= 4 is 17.9 Å². The number of ether oxygens (including phenoxy) is 3. The molecule has 0 N–H and O–H groups in total. The van der Waals surface area contributed by atoms with Gasteiger partial charge < -0.3 is 14.2 Å². The molecule has 0 aromatic heterocycles. The Morgan fingerprint density at radius 2 is 0.661 bits per heavy atom. The van der Waals surface area contributed by atoms with Gasteiger partial charge in [-0.3, -0.25) is 14.4 Å². The van der Waals surface area contributed by atoms with Gasteiger partial charge in [-0.1, -0.05) is 248 Å². The highest BCUT2D eigenvalue weighted by Gasteiger charge is 2.19. The molecule has 0 aliphatic rings. The summed E-state index contributed by atoms with van der Waals surface area (Å²) in [6, 6.07) is 0. The molecule has 0 fully saturated rings. The lowest BCUT2D eigenvalue weighted by Crippen LogP contribution is -2.30. The molecule has 340 valence electrons. The van der Waals surface area contributed by atoms with E-state index < -0.39 is 6.10 Å². The lowest BCUT2D eigenvalue weighted by molar-refractivity contribution is -0.167. The predicted octanol–water partition coefficient (Wildman–Crippen LogP) is 16.1. The highest BCUT2D eigenvalue weighted by atomic mass is 16.6. The number of allylic oxidation sites excluding steroid dienone is 10. The molecule has 0 saturated carbocycles. The molecule has 0 bridgehead atoms. The second-order valence-corrected chi connectivity index (χ2v) is 16.5. The van der Waals surface area contributed by atoms with E-state index in [1.165, 1.54) is 141 Å². The summed E-state index contributed by atoms with van der Waals surface area (Å²) in [5, 5.41) is 0. The summed E-state index contributed by atoms with van der Waals surface area (Å²) < 4.78 is 16.7. The summed E-state index contributed by atoms with van der Waals surface area (Å²) in [4.78, 5) is 37.8. The van der Waals surface area contributed by atoms with Crippen molar-refractivity contribution in [3.05, 3.63) is 60.8 Å².